The van der Waals surface area contributed by atoms with E-state index in [1.807, 2.05) is 50.2 Å². The fraction of sp³-hybridized carbons (Fsp3) is 0.333. The molecule has 0 aliphatic rings. The van der Waals surface area contributed by atoms with Crippen LogP contribution in [0.15, 0.2) is 28.8 Å². The van der Waals surface area contributed by atoms with Crippen LogP contribution < -0.4 is 10.2 Å². The van der Waals surface area contributed by atoms with E-state index >= 15 is 0 Å². The van der Waals surface area contributed by atoms with Crippen molar-refractivity contribution < 1.29 is 9.32 Å². The summed E-state index contributed by atoms with van der Waals surface area (Å²) in [6.45, 7) is 3.69. The number of carbonyl (C=O) groups is 1. The zero-order chi connectivity index (χ0) is 14.7. The number of nitrogens with zero attached hydrogens (tertiary/aromatic N) is 2. The van der Waals surface area contributed by atoms with Crippen LogP contribution >= 0.6 is 0 Å². The lowest BCUT2D eigenvalue weighted by Crippen LogP contribution is -2.14. The lowest BCUT2D eigenvalue weighted by Gasteiger charge is -2.13. The van der Waals surface area contributed by atoms with Crippen LogP contribution in [0.25, 0.3) is 0 Å². The number of aryl methyl sites for hydroxylation is 2. The molecule has 106 valence electrons. The Labute approximate surface area is 118 Å². The molecule has 0 radical (unpaired) electrons. The van der Waals surface area contributed by atoms with Gasteiger partial charge in [0, 0.05) is 25.5 Å². The van der Waals surface area contributed by atoms with Crippen LogP contribution in [0, 0.1) is 6.92 Å². The Morgan fingerprint density at radius 1 is 1.30 bits per heavy atom. The third-order valence-electron chi connectivity index (χ3n) is 3.14. The van der Waals surface area contributed by atoms with Gasteiger partial charge in [0.1, 0.15) is 11.3 Å². The van der Waals surface area contributed by atoms with E-state index in [1.54, 1.807) is 6.92 Å². The third kappa shape index (κ3) is 2.82. The first-order valence-corrected chi connectivity index (χ1v) is 6.56. The number of hydrogen-bond donors (Lipinski definition) is 1. The van der Waals surface area contributed by atoms with E-state index in [2.05, 4.69) is 10.5 Å². The summed E-state index contributed by atoms with van der Waals surface area (Å²) < 4.78 is 5.08. The molecule has 0 aliphatic carbocycles. The van der Waals surface area contributed by atoms with Crippen LogP contribution in [0.2, 0.25) is 0 Å². The van der Waals surface area contributed by atoms with Gasteiger partial charge in [-0.2, -0.15) is 0 Å². The molecule has 5 nitrogen and oxygen atoms in total. The molecule has 0 aliphatic heterocycles. The molecule has 0 atom stereocenters. The van der Waals surface area contributed by atoms with Crippen molar-refractivity contribution in [2.45, 2.75) is 20.3 Å². The molecule has 1 aromatic heterocycles. The van der Waals surface area contributed by atoms with Gasteiger partial charge in [-0.05, 0) is 37.6 Å². The number of nitrogens with one attached hydrogen (secondary N) is 1. The summed E-state index contributed by atoms with van der Waals surface area (Å²) in [7, 11) is 3.95. The number of aromatic nitrogens is 1. The van der Waals surface area contributed by atoms with Crippen LogP contribution in [0.5, 0.6) is 0 Å². The minimum absolute atomic E-state index is 0.182. The molecule has 5 heteroatoms. The number of benzene rings is 1. The average Bonchev–Trinajstić information content (AvgIpc) is 2.80. The minimum Gasteiger partial charge on any atom is -0.378 e. The predicted molar refractivity (Wildman–Crippen MR) is 79.3 cm³/mol. The summed E-state index contributed by atoms with van der Waals surface area (Å²) in [4.78, 5) is 14.3. The lowest BCUT2D eigenvalue weighted by atomic mass is 10.1. The number of anilines is 2. The van der Waals surface area contributed by atoms with Crippen molar-refractivity contribution in [1.82, 2.24) is 5.16 Å². The van der Waals surface area contributed by atoms with Gasteiger partial charge in [0.25, 0.3) is 5.91 Å². The summed E-state index contributed by atoms with van der Waals surface area (Å²) >= 11 is 0. The van der Waals surface area contributed by atoms with Crippen molar-refractivity contribution in [1.29, 1.82) is 0 Å². The van der Waals surface area contributed by atoms with Crippen molar-refractivity contribution in [2.24, 2.45) is 0 Å². The lowest BCUT2D eigenvalue weighted by molar-refractivity contribution is 0.102. The third-order valence-corrected chi connectivity index (χ3v) is 3.14. The van der Waals surface area contributed by atoms with Gasteiger partial charge in [-0.3, -0.25) is 4.79 Å². The van der Waals surface area contributed by atoms with Gasteiger partial charge in [-0.15, -0.1) is 0 Å². The fourth-order valence-electron chi connectivity index (χ4n) is 1.99. The van der Waals surface area contributed by atoms with Crippen LogP contribution in [-0.2, 0) is 6.42 Å². The smallest absolute Gasteiger partial charge is 0.261 e. The van der Waals surface area contributed by atoms with Gasteiger partial charge >= 0.3 is 0 Å². The highest BCUT2D eigenvalue weighted by molar-refractivity contribution is 6.05. The van der Waals surface area contributed by atoms with Gasteiger partial charge in [-0.25, -0.2) is 0 Å². The zero-order valence-corrected chi connectivity index (χ0v) is 12.2. The van der Waals surface area contributed by atoms with E-state index in [0.29, 0.717) is 23.4 Å². The van der Waals surface area contributed by atoms with Gasteiger partial charge in [-0.1, -0.05) is 12.1 Å². The van der Waals surface area contributed by atoms with Crippen LogP contribution in [0.3, 0.4) is 0 Å². The Balaban J connectivity index is 2.17. The predicted octanol–water partition coefficient (Wildman–Crippen LogP) is 2.86. The van der Waals surface area contributed by atoms with E-state index in [1.165, 1.54) is 0 Å². The van der Waals surface area contributed by atoms with E-state index in [-0.39, 0.29) is 5.91 Å². The normalized spacial score (nSPS) is 10.4. The molecule has 1 amide bonds. The number of rotatable bonds is 4. The highest BCUT2D eigenvalue weighted by Crippen LogP contribution is 2.19. The maximum Gasteiger partial charge on any atom is 0.261 e. The molecule has 0 unspecified atom stereocenters. The molecule has 0 bridgehead atoms. The standard InChI is InChI=1S/C15H19N3O2/c1-5-13-14(10(2)20-17-13)15(19)16-11-6-8-12(9-7-11)18(3)4/h6-9H,5H2,1-4H3,(H,16,19). The van der Waals surface area contributed by atoms with E-state index in [9.17, 15) is 4.79 Å². The molecule has 20 heavy (non-hydrogen) atoms. The summed E-state index contributed by atoms with van der Waals surface area (Å²) in [6, 6.07) is 7.66. The minimum atomic E-state index is -0.182. The molecule has 0 saturated heterocycles. The summed E-state index contributed by atoms with van der Waals surface area (Å²) in [5.41, 5.74) is 3.05. The SMILES string of the molecule is CCc1noc(C)c1C(=O)Nc1ccc(N(C)C)cc1. The maximum absolute atomic E-state index is 12.3. The molecule has 2 rings (SSSR count). The van der Waals surface area contributed by atoms with Gasteiger partial charge < -0.3 is 14.7 Å². The van der Waals surface area contributed by atoms with Crippen molar-refractivity contribution >= 4 is 17.3 Å². The second-order valence-corrected chi connectivity index (χ2v) is 4.81. The largest absolute Gasteiger partial charge is 0.378 e. The first kappa shape index (κ1) is 14.1. The molecule has 1 heterocycles. The Morgan fingerprint density at radius 3 is 2.50 bits per heavy atom. The second kappa shape index (κ2) is 5.77. The summed E-state index contributed by atoms with van der Waals surface area (Å²) in [5, 5.41) is 6.76. The van der Waals surface area contributed by atoms with Gasteiger partial charge in [0.05, 0.1) is 5.69 Å². The van der Waals surface area contributed by atoms with Crippen molar-refractivity contribution in [3.05, 3.63) is 41.3 Å². The summed E-state index contributed by atoms with van der Waals surface area (Å²) in [6.07, 6.45) is 0.666. The monoisotopic (exact) mass is 273 g/mol. The van der Waals surface area contributed by atoms with Crippen LogP contribution in [-0.4, -0.2) is 25.2 Å². The maximum atomic E-state index is 12.3. The first-order valence-electron chi connectivity index (χ1n) is 6.56. The highest BCUT2D eigenvalue weighted by atomic mass is 16.5. The quantitative estimate of drug-likeness (QED) is 0.930. The Hall–Kier alpha value is -2.30. The fourth-order valence-corrected chi connectivity index (χ4v) is 1.99. The van der Waals surface area contributed by atoms with Gasteiger partial charge in [0.15, 0.2) is 0 Å². The van der Waals surface area contributed by atoms with Crippen molar-refractivity contribution in [3.8, 4) is 0 Å². The Bertz CT molecular complexity index is 600. The zero-order valence-electron chi connectivity index (χ0n) is 12.2. The van der Waals surface area contributed by atoms with E-state index < -0.39 is 0 Å². The molecule has 1 aromatic carbocycles. The Morgan fingerprint density at radius 2 is 1.95 bits per heavy atom. The average molecular weight is 273 g/mol. The number of amides is 1. The first-order chi connectivity index (χ1) is 9.52. The number of hydrogen-bond acceptors (Lipinski definition) is 4. The van der Waals surface area contributed by atoms with Crippen molar-refractivity contribution in [3.63, 3.8) is 0 Å². The molecular weight excluding hydrogens is 254 g/mol. The van der Waals surface area contributed by atoms with E-state index in [0.717, 1.165) is 11.4 Å². The van der Waals surface area contributed by atoms with Crippen LogP contribution in [0.1, 0.15) is 28.7 Å². The van der Waals surface area contributed by atoms with E-state index in [4.69, 9.17) is 4.52 Å². The van der Waals surface area contributed by atoms with Crippen LogP contribution in [0.4, 0.5) is 11.4 Å². The molecular formula is C15H19N3O2. The van der Waals surface area contributed by atoms with Gasteiger partial charge in [0.2, 0.25) is 0 Å². The number of carbonyl (C=O) groups excluding carboxylic acids is 1. The molecule has 1 N–H and O–H groups in total. The second-order valence-electron chi connectivity index (χ2n) is 4.81. The molecule has 0 spiro atoms. The molecule has 0 fully saturated rings. The summed E-state index contributed by atoms with van der Waals surface area (Å²) in [5.74, 6) is 0.363. The Kier molecular flexibility index (Phi) is 4.08. The van der Waals surface area contributed by atoms with Crippen molar-refractivity contribution in [2.75, 3.05) is 24.3 Å². The topological polar surface area (TPSA) is 58.4 Å². The molecule has 2 aromatic rings. The highest BCUT2D eigenvalue weighted by Gasteiger charge is 2.19. The molecule has 0 saturated carbocycles.